The number of halogens is 3. The maximum atomic E-state index is 14.0. The molecule has 172 valence electrons. The molecule has 4 radical (unpaired) electrons. The molecule has 5 rings (SSSR count). The second-order valence-corrected chi connectivity index (χ2v) is 10.1. The highest BCUT2D eigenvalue weighted by molar-refractivity contribution is 6.36. The Labute approximate surface area is 210 Å². The Morgan fingerprint density at radius 2 is 1.91 bits per heavy atom. The molecule has 3 N–H and O–H groups in total. The fourth-order valence-corrected chi connectivity index (χ4v) is 5.75. The minimum Gasteiger partial charge on any atom is -0.482 e. The van der Waals surface area contributed by atoms with Crippen LogP contribution in [0.25, 0.3) is 11.1 Å². The van der Waals surface area contributed by atoms with Gasteiger partial charge in [0.25, 0.3) is 0 Å². The zero-order chi connectivity index (χ0) is 24.3. The SMILES string of the molecule is [B]C12CNCC1([B])CC(n1cc(-c3cnc(N)c(OC(C)c4c(Cl)ccc(F)c4Cl)c3)cn1)C2. The predicted molar refractivity (Wildman–Crippen MR) is 133 cm³/mol. The van der Waals surface area contributed by atoms with Gasteiger partial charge in [-0.15, -0.1) is 0 Å². The van der Waals surface area contributed by atoms with Gasteiger partial charge in [-0.1, -0.05) is 33.8 Å². The summed E-state index contributed by atoms with van der Waals surface area (Å²) in [6.45, 7) is 3.12. The van der Waals surface area contributed by atoms with Crippen LogP contribution in [0.4, 0.5) is 10.2 Å². The third kappa shape index (κ3) is 3.88. The second-order valence-electron chi connectivity index (χ2n) is 9.31. The van der Waals surface area contributed by atoms with Gasteiger partial charge in [-0.05, 0) is 51.1 Å². The van der Waals surface area contributed by atoms with Crippen LogP contribution in [-0.4, -0.2) is 43.5 Å². The highest BCUT2D eigenvalue weighted by atomic mass is 35.5. The van der Waals surface area contributed by atoms with Crippen molar-refractivity contribution in [2.75, 3.05) is 18.8 Å². The normalized spacial score (nSPS) is 27.0. The van der Waals surface area contributed by atoms with Crippen molar-refractivity contribution in [2.24, 2.45) is 0 Å². The summed E-state index contributed by atoms with van der Waals surface area (Å²) in [6, 6.07) is 4.53. The topological polar surface area (TPSA) is 78.0 Å². The highest BCUT2D eigenvalue weighted by Crippen LogP contribution is 2.65. The van der Waals surface area contributed by atoms with E-state index in [0.717, 1.165) is 24.0 Å². The first-order valence-corrected chi connectivity index (χ1v) is 11.7. The van der Waals surface area contributed by atoms with Crippen molar-refractivity contribution in [1.29, 1.82) is 0 Å². The van der Waals surface area contributed by atoms with E-state index < -0.39 is 22.5 Å². The quantitative estimate of drug-likeness (QED) is 0.396. The molecule has 1 aliphatic carbocycles. The average Bonchev–Trinajstić information content (AvgIpc) is 3.44. The van der Waals surface area contributed by atoms with Crippen LogP contribution in [0.3, 0.4) is 0 Å². The summed E-state index contributed by atoms with van der Waals surface area (Å²) in [5.41, 5.74) is 8.01. The first kappa shape index (κ1) is 23.5. The number of hydrogen-bond acceptors (Lipinski definition) is 5. The second kappa shape index (κ2) is 8.47. The van der Waals surface area contributed by atoms with E-state index in [9.17, 15) is 4.39 Å². The minimum atomic E-state index is -0.661. The smallest absolute Gasteiger partial charge is 0.166 e. The molecule has 34 heavy (non-hydrogen) atoms. The molecule has 0 amide bonds. The average molecular weight is 496 g/mol. The van der Waals surface area contributed by atoms with Gasteiger partial charge >= 0.3 is 0 Å². The van der Waals surface area contributed by atoms with Crippen LogP contribution in [0.1, 0.15) is 37.5 Å². The van der Waals surface area contributed by atoms with Crippen LogP contribution in [-0.2, 0) is 0 Å². The van der Waals surface area contributed by atoms with E-state index >= 15 is 0 Å². The van der Waals surface area contributed by atoms with Crippen LogP contribution in [0.2, 0.25) is 20.7 Å². The molecule has 3 atom stereocenters. The molecule has 2 aromatic heterocycles. The number of nitrogens with one attached hydrogen (secondary N) is 1. The molecule has 3 aromatic rings. The number of pyridine rings is 1. The van der Waals surface area contributed by atoms with E-state index in [2.05, 4.69) is 15.4 Å². The summed E-state index contributed by atoms with van der Waals surface area (Å²) in [6.07, 6.45) is 6.20. The predicted octanol–water partition coefficient (Wildman–Crippen LogP) is 4.71. The molecule has 1 aliphatic heterocycles. The number of nitrogens with two attached hydrogens (primary N) is 1. The zero-order valence-electron chi connectivity index (χ0n) is 18.6. The van der Waals surface area contributed by atoms with Crippen molar-refractivity contribution in [3.63, 3.8) is 0 Å². The molecule has 2 fully saturated rings. The third-order valence-electron chi connectivity index (χ3n) is 7.05. The Morgan fingerprint density at radius 3 is 2.62 bits per heavy atom. The van der Waals surface area contributed by atoms with Crippen LogP contribution >= 0.6 is 23.2 Å². The third-order valence-corrected chi connectivity index (χ3v) is 7.77. The maximum absolute atomic E-state index is 14.0. The Hall–Kier alpha value is -2.22. The Balaban J connectivity index is 1.38. The van der Waals surface area contributed by atoms with Crippen LogP contribution < -0.4 is 15.8 Å². The summed E-state index contributed by atoms with van der Waals surface area (Å²) >= 11 is 12.4. The molecule has 1 aromatic carbocycles. The first-order valence-electron chi connectivity index (χ1n) is 11.0. The lowest BCUT2D eigenvalue weighted by molar-refractivity contribution is 0.227. The lowest BCUT2D eigenvalue weighted by atomic mass is 9.48. The number of fused-ring (bicyclic) bond motifs is 1. The van der Waals surface area contributed by atoms with E-state index in [-0.39, 0.29) is 16.9 Å². The fourth-order valence-electron chi connectivity index (χ4n) is 5.07. The monoisotopic (exact) mass is 495 g/mol. The van der Waals surface area contributed by atoms with Gasteiger partial charge < -0.3 is 15.8 Å². The highest BCUT2D eigenvalue weighted by Gasteiger charge is 2.54. The van der Waals surface area contributed by atoms with Crippen molar-refractivity contribution in [1.82, 2.24) is 20.1 Å². The number of nitrogens with zero attached hydrogens (tertiary/aromatic N) is 3. The first-order chi connectivity index (χ1) is 16.1. The van der Waals surface area contributed by atoms with Gasteiger partial charge in [-0.25, -0.2) is 9.37 Å². The van der Waals surface area contributed by atoms with Gasteiger partial charge in [0, 0.05) is 34.1 Å². The molecule has 0 spiro atoms. The maximum Gasteiger partial charge on any atom is 0.166 e. The van der Waals surface area contributed by atoms with E-state index in [0.29, 0.717) is 29.4 Å². The Bertz CT molecular complexity index is 1240. The zero-order valence-corrected chi connectivity index (χ0v) is 20.1. The number of anilines is 1. The van der Waals surface area contributed by atoms with Crippen molar-refractivity contribution < 1.29 is 9.13 Å². The van der Waals surface area contributed by atoms with Gasteiger partial charge in [-0.2, -0.15) is 5.10 Å². The summed E-state index contributed by atoms with van der Waals surface area (Å²) in [4.78, 5) is 4.27. The molecule has 11 heteroatoms. The number of hydrogen-bond donors (Lipinski definition) is 2. The molecule has 3 heterocycles. The van der Waals surface area contributed by atoms with Gasteiger partial charge in [0.15, 0.2) is 11.6 Å². The molecule has 3 unspecified atom stereocenters. The Kier molecular flexibility index (Phi) is 5.86. The van der Waals surface area contributed by atoms with Crippen molar-refractivity contribution in [3.05, 3.63) is 58.2 Å². The van der Waals surface area contributed by atoms with Gasteiger partial charge in [0.1, 0.15) is 11.9 Å². The van der Waals surface area contributed by atoms with Crippen molar-refractivity contribution in [3.8, 4) is 16.9 Å². The molecule has 0 bridgehead atoms. The fraction of sp³-hybridized carbons (Fsp3) is 0.391. The molecular formula is C23H22B2Cl2FN5O. The molecule has 1 saturated heterocycles. The van der Waals surface area contributed by atoms with Crippen molar-refractivity contribution >= 4 is 44.7 Å². The number of rotatable bonds is 5. The van der Waals surface area contributed by atoms with Crippen LogP contribution in [0.15, 0.2) is 36.8 Å². The number of benzene rings is 1. The summed E-state index contributed by atoms with van der Waals surface area (Å²) in [7, 11) is 13.2. The van der Waals surface area contributed by atoms with Gasteiger partial charge in [0.2, 0.25) is 0 Å². The molecule has 1 saturated carbocycles. The molecule has 6 nitrogen and oxygen atoms in total. The standard InChI is InChI=1S/C23H22B2Cl2FN5O/c1-12(19-16(26)2-3-17(28)20(19)27)34-18-4-13(7-31-21(18)29)14-8-32-33(9-14)15-5-22(24)10-30-11-23(22,25)6-15/h2-4,7-9,12,15,30H,5-6,10-11H2,1H3,(H2,29,31). The number of aromatic nitrogens is 3. The van der Waals surface area contributed by atoms with E-state index in [4.69, 9.17) is 49.4 Å². The largest absolute Gasteiger partial charge is 0.482 e. The summed E-state index contributed by atoms with van der Waals surface area (Å²) in [5.74, 6) is -0.0514. The minimum absolute atomic E-state index is 0.0872. The van der Waals surface area contributed by atoms with E-state index in [1.165, 1.54) is 12.1 Å². The van der Waals surface area contributed by atoms with Crippen LogP contribution in [0.5, 0.6) is 5.75 Å². The van der Waals surface area contributed by atoms with Gasteiger partial charge in [-0.3, -0.25) is 4.68 Å². The lowest BCUT2D eigenvalue weighted by Crippen LogP contribution is -2.23. The van der Waals surface area contributed by atoms with Crippen molar-refractivity contribution in [2.45, 2.75) is 42.5 Å². The van der Waals surface area contributed by atoms with Crippen LogP contribution in [0, 0.1) is 5.82 Å². The van der Waals surface area contributed by atoms with E-state index in [1.54, 1.807) is 25.4 Å². The lowest BCUT2D eigenvalue weighted by Gasteiger charge is -2.33. The van der Waals surface area contributed by atoms with E-state index in [1.807, 2.05) is 10.9 Å². The number of nitrogen functional groups attached to an aromatic ring is 1. The Morgan fingerprint density at radius 1 is 1.21 bits per heavy atom. The number of ether oxygens (including phenoxy) is 1. The molecular weight excluding hydrogens is 474 g/mol. The summed E-state index contributed by atoms with van der Waals surface area (Å²) < 4.78 is 21.9. The summed E-state index contributed by atoms with van der Waals surface area (Å²) in [5, 5.41) is 7.20. The van der Waals surface area contributed by atoms with Gasteiger partial charge in [0.05, 0.1) is 33.0 Å². The molecule has 2 aliphatic rings.